The van der Waals surface area contributed by atoms with Crippen LogP contribution in [0.1, 0.15) is 85.0 Å². The van der Waals surface area contributed by atoms with E-state index in [2.05, 4.69) is 20.8 Å². The van der Waals surface area contributed by atoms with Gasteiger partial charge in [0.2, 0.25) is 0 Å². The van der Waals surface area contributed by atoms with Crippen molar-refractivity contribution < 1.29 is 0 Å². The van der Waals surface area contributed by atoms with Gasteiger partial charge in [-0.15, -0.1) is 0 Å². The Balaban J connectivity index is 0. The maximum Gasteiger partial charge on any atom is -0.813 e. The summed E-state index contributed by atoms with van der Waals surface area (Å²) < 4.78 is 5.08. The van der Waals surface area contributed by atoms with Crippen molar-refractivity contribution in [1.29, 1.82) is 0 Å². The molecule has 0 aliphatic carbocycles. The van der Waals surface area contributed by atoms with E-state index in [4.69, 9.17) is 0 Å². The molecule has 0 saturated heterocycles. The van der Waals surface area contributed by atoms with Gasteiger partial charge in [-0.2, -0.15) is 0 Å². The maximum atomic E-state index is 2.35. The molecule has 0 radical (unpaired) electrons. The average molecular weight is 379 g/mol. The summed E-state index contributed by atoms with van der Waals surface area (Å²) in [6.45, 7) is 7.01. The van der Waals surface area contributed by atoms with Crippen molar-refractivity contribution in [3.63, 3.8) is 0 Å². The van der Waals surface area contributed by atoms with E-state index in [1.54, 1.807) is 19.7 Å². The number of hydrogen-bond donors (Lipinski definition) is 0. The summed E-state index contributed by atoms with van der Waals surface area (Å²) in [5.74, 6) is 0. The van der Waals surface area contributed by atoms with Crippen LogP contribution in [0.2, 0.25) is 13.3 Å². The molecule has 2 heteroatoms. The van der Waals surface area contributed by atoms with Gasteiger partial charge in [-0.3, -0.25) is 0 Å². The smallest absolute Gasteiger partial charge is 0.813 e. The van der Waals surface area contributed by atoms with Gasteiger partial charge in [-0.25, -0.2) is 0 Å². The first-order valence-corrected chi connectivity index (χ1v) is 14.2. The number of thiol groups is 1. The molecule has 0 spiro atoms. The Kier molecular flexibility index (Phi) is 21.6. The molecular formula is C16H36SSn. The van der Waals surface area contributed by atoms with Gasteiger partial charge in [0.1, 0.15) is 0 Å². The van der Waals surface area contributed by atoms with Crippen LogP contribution in [0.25, 0.3) is 0 Å². The molecule has 0 aromatic rings. The summed E-state index contributed by atoms with van der Waals surface area (Å²) in [6.07, 6.45) is 14.9. The summed E-state index contributed by atoms with van der Waals surface area (Å²) >= 11 is -0.898. The Hall–Kier alpha value is 1.15. The Morgan fingerprint density at radius 1 is 0.500 bits per heavy atom. The van der Waals surface area contributed by atoms with Crippen LogP contribution in [0.3, 0.4) is 0 Å². The zero-order valence-electron chi connectivity index (χ0n) is 13.1. The van der Waals surface area contributed by atoms with E-state index < -0.39 is 19.8 Å². The van der Waals surface area contributed by atoms with Gasteiger partial charge in [-0.05, 0) is 0 Å². The van der Waals surface area contributed by atoms with E-state index in [1.165, 1.54) is 57.8 Å². The summed E-state index contributed by atoms with van der Waals surface area (Å²) in [7, 11) is 0. The molecule has 0 N–H and O–H groups in total. The normalized spacial score (nSPS) is 10.2. The third-order valence-electron chi connectivity index (χ3n) is 3.65. The summed E-state index contributed by atoms with van der Waals surface area (Å²) in [4.78, 5) is 0. The third-order valence-corrected chi connectivity index (χ3v) is 12.7. The minimum Gasteiger partial charge on any atom is -0.813 e. The molecule has 0 aliphatic heterocycles. The predicted octanol–water partition coefficient (Wildman–Crippen LogP) is 6.17. The molecule has 0 unspecified atom stereocenters. The average Bonchev–Trinajstić information content (AvgIpc) is 2.35. The van der Waals surface area contributed by atoms with Crippen molar-refractivity contribution in [2.24, 2.45) is 0 Å². The number of hydrogen-bond acceptors (Lipinski definition) is 1. The minimum atomic E-state index is -0.898. The van der Waals surface area contributed by atoms with E-state index in [-0.39, 0.29) is 13.5 Å². The van der Waals surface area contributed by atoms with E-state index in [0.29, 0.717) is 0 Å². The largest absolute Gasteiger partial charge is 0.813 e. The van der Waals surface area contributed by atoms with E-state index in [9.17, 15) is 0 Å². The van der Waals surface area contributed by atoms with E-state index >= 15 is 0 Å². The second kappa shape index (κ2) is 18.1. The molecule has 110 valence electrons. The quantitative estimate of drug-likeness (QED) is 0.160. The first kappa shape index (κ1) is 21.4. The Bertz CT molecular complexity index is 131. The van der Waals surface area contributed by atoms with Gasteiger partial charge in [0.15, 0.2) is 0 Å². The topological polar surface area (TPSA) is 0 Å². The van der Waals surface area contributed by atoms with Gasteiger partial charge in [-0.1, -0.05) is 0 Å². The standard InChI is InChI=1S/C8H17.2C4H9.H2S.Sn/c1-3-5-7-8-6-4-2;2*1-3-4-2;;/h1,3-8H2,2H3;2*1,3-4H2,2H3;1H2;/q;;;;+1/p-1. The molecule has 0 rings (SSSR count). The fourth-order valence-corrected chi connectivity index (χ4v) is 11.5. The molecule has 18 heavy (non-hydrogen) atoms. The molecule has 0 amide bonds. The zero-order chi connectivity index (χ0) is 12.8. The molecule has 0 fully saturated rings. The SMILES string of the molecule is CCCCCCC[CH2][Sn+]([CH2]CCC)[CH2]CCC.[SH-]. The first-order chi connectivity index (χ1) is 8.35. The van der Waals surface area contributed by atoms with Gasteiger partial charge in [0.25, 0.3) is 0 Å². The van der Waals surface area contributed by atoms with Crippen molar-refractivity contribution >= 4 is 33.3 Å². The fraction of sp³-hybridized carbons (Fsp3) is 1.00. The van der Waals surface area contributed by atoms with Crippen molar-refractivity contribution in [2.75, 3.05) is 0 Å². The van der Waals surface area contributed by atoms with E-state index in [0.717, 1.165) is 0 Å². The van der Waals surface area contributed by atoms with Crippen LogP contribution >= 0.6 is 0 Å². The summed E-state index contributed by atoms with van der Waals surface area (Å²) in [5.41, 5.74) is 0. The van der Waals surface area contributed by atoms with Crippen LogP contribution in [0.5, 0.6) is 0 Å². The molecular weight excluding hydrogens is 343 g/mol. The van der Waals surface area contributed by atoms with Crippen LogP contribution in [0.15, 0.2) is 0 Å². The van der Waals surface area contributed by atoms with Crippen LogP contribution in [0, 0.1) is 0 Å². The minimum absolute atomic E-state index is 0. The fourth-order valence-electron chi connectivity index (χ4n) is 2.38. The monoisotopic (exact) mass is 380 g/mol. The molecule has 0 saturated carbocycles. The van der Waals surface area contributed by atoms with Crippen LogP contribution in [-0.2, 0) is 13.5 Å². The van der Waals surface area contributed by atoms with Crippen LogP contribution < -0.4 is 0 Å². The second-order valence-electron chi connectivity index (χ2n) is 5.47. The van der Waals surface area contributed by atoms with Gasteiger partial charge < -0.3 is 13.5 Å². The van der Waals surface area contributed by atoms with Crippen molar-refractivity contribution in [3.8, 4) is 0 Å². The van der Waals surface area contributed by atoms with Gasteiger partial charge in [0, 0.05) is 0 Å². The Morgan fingerprint density at radius 2 is 0.889 bits per heavy atom. The van der Waals surface area contributed by atoms with Crippen molar-refractivity contribution in [2.45, 2.75) is 98.3 Å². The van der Waals surface area contributed by atoms with Crippen molar-refractivity contribution in [1.82, 2.24) is 0 Å². The molecule has 0 bridgehead atoms. The maximum absolute atomic E-state index is 2.35. The van der Waals surface area contributed by atoms with Crippen LogP contribution in [0.4, 0.5) is 0 Å². The summed E-state index contributed by atoms with van der Waals surface area (Å²) in [5, 5.41) is 0. The Morgan fingerprint density at radius 3 is 1.39 bits per heavy atom. The number of rotatable bonds is 13. The molecule has 0 aromatic carbocycles. The van der Waals surface area contributed by atoms with Gasteiger partial charge >= 0.3 is 118 Å². The van der Waals surface area contributed by atoms with E-state index in [1.807, 2.05) is 0 Å². The summed E-state index contributed by atoms with van der Waals surface area (Å²) in [6, 6.07) is 0. The molecule has 0 aliphatic rings. The molecule has 0 aromatic heterocycles. The molecule has 0 atom stereocenters. The van der Waals surface area contributed by atoms with Gasteiger partial charge in [0.05, 0.1) is 0 Å². The van der Waals surface area contributed by atoms with Crippen molar-refractivity contribution in [3.05, 3.63) is 0 Å². The Labute approximate surface area is 131 Å². The number of unbranched alkanes of at least 4 members (excludes halogenated alkanes) is 7. The zero-order valence-corrected chi connectivity index (χ0v) is 16.9. The predicted molar refractivity (Wildman–Crippen MR) is 92.1 cm³/mol. The third kappa shape index (κ3) is 15.2. The molecule has 0 nitrogen and oxygen atoms in total. The second-order valence-corrected chi connectivity index (χ2v) is 14.0. The van der Waals surface area contributed by atoms with Crippen LogP contribution in [-0.4, -0.2) is 19.8 Å². The molecule has 0 heterocycles. The first-order valence-electron chi connectivity index (χ1n) is 8.18.